The van der Waals surface area contributed by atoms with E-state index >= 15 is 0 Å². The van der Waals surface area contributed by atoms with E-state index in [2.05, 4.69) is 6.92 Å². The Kier molecular flexibility index (Phi) is 6.70. The van der Waals surface area contributed by atoms with E-state index in [1.807, 2.05) is 0 Å². The molecule has 112 valence electrons. The van der Waals surface area contributed by atoms with Gasteiger partial charge in [-0.1, -0.05) is 71.1 Å². The summed E-state index contributed by atoms with van der Waals surface area (Å²) in [6.07, 6.45) is 17.2. The summed E-state index contributed by atoms with van der Waals surface area (Å²) in [7, 11) is 0. The molecule has 1 nitrogen and oxygen atoms in total. The third-order valence-corrected chi connectivity index (χ3v) is 5.87. The fourth-order valence-corrected chi connectivity index (χ4v) is 4.39. The van der Waals surface area contributed by atoms with E-state index in [-0.39, 0.29) is 0 Å². The largest absolute Gasteiger partial charge is 0.396 e. The Balaban J connectivity index is 1.57. The summed E-state index contributed by atoms with van der Waals surface area (Å²) in [5.41, 5.74) is 0. The van der Waals surface area contributed by atoms with E-state index in [0.29, 0.717) is 12.5 Å². The van der Waals surface area contributed by atoms with Crippen molar-refractivity contribution in [3.63, 3.8) is 0 Å². The Bertz CT molecular complexity index is 222. The highest BCUT2D eigenvalue weighted by Crippen LogP contribution is 2.37. The molecule has 0 aromatic heterocycles. The van der Waals surface area contributed by atoms with Crippen molar-refractivity contribution >= 4 is 0 Å². The van der Waals surface area contributed by atoms with Crippen LogP contribution in [0.25, 0.3) is 0 Å². The summed E-state index contributed by atoms with van der Waals surface area (Å²) in [4.78, 5) is 0. The third-order valence-electron chi connectivity index (χ3n) is 5.87. The fourth-order valence-electron chi connectivity index (χ4n) is 4.39. The van der Waals surface area contributed by atoms with E-state index in [1.165, 1.54) is 77.0 Å². The predicted octanol–water partition coefficient (Wildman–Crippen LogP) is 5.17. The Labute approximate surface area is 120 Å². The van der Waals surface area contributed by atoms with E-state index in [9.17, 15) is 5.11 Å². The molecule has 2 rings (SSSR count). The fraction of sp³-hybridized carbons (Fsp3) is 1.00. The number of aliphatic hydroxyl groups is 1. The number of rotatable bonds is 6. The maximum absolute atomic E-state index is 9.18. The molecule has 1 N–H and O–H groups in total. The van der Waals surface area contributed by atoms with Crippen molar-refractivity contribution < 1.29 is 5.11 Å². The zero-order valence-electron chi connectivity index (χ0n) is 12.9. The lowest BCUT2D eigenvalue weighted by Gasteiger charge is -2.31. The van der Waals surface area contributed by atoms with Gasteiger partial charge in [-0.2, -0.15) is 0 Å². The van der Waals surface area contributed by atoms with Gasteiger partial charge in [-0.3, -0.25) is 0 Å². The van der Waals surface area contributed by atoms with E-state index in [1.54, 1.807) is 0 Å². The minimum Gasteiger partial charge on any atom is -0.396 e. The molecule has 0 atom stereocenters. The van der Waals surface area contributed by atoms with Crippen molar-refractivity contribution in [2.24, 2.45) is 23.7 Å². The van der Waals surface area contributed by atoms with Gasteiger partial charge in [-0.05, 0) is 36.5 Å². The minimum atomic E-state index is 0.425. The molecule has 2 fully saturated rings. The summed E-state index contributed by atoms with van der Waals surface area (Å²) in [6.45, 7) is 2.75. The Morgan fingerprint density at radius 3 is 1.37 bits per heavy atom. The molecule has 0 spiro atoms. The molecule has 0 radical (unpaired) electrons. The van der Waals surface area contributed by atoms with Gasteiger partial charge >= 0.3 is 0 Å². The highest BCUT2D eigenvalue weighted by Gasteiger charge is 2.24. The molecule has 1 heteroatoms. The van der Waals surface area contributed by atoms with Gasteiger partial charge in [0.1, 0.15) is 0 Å². The van der Waals surface area contributed by atoms with Gasteiger partial charge in [0.25, 0.3) is 0 Å². The van der Waals surface area contributed by atoms with Gasteiger partial charge in [-0.25, -0.2) is 0 Å². The second kappa shape index (κ2) is 8.29. The summed E-state index contributed by atoms with van der Waals surface area (Å²) in [5, 5.41) is 9.18. The van der Waals surface area contributed by atoms with Crippen LogP contribution >= 0.6 is 0 Å². The summed E-state index contributed by atoms with van der Waals surface area (Å²) >= 11 is 0. The Morgan fingerprint density at radius 2 is 1.00 bits per heavy atom. The molecule has 2 aliphatic carbocycles. The zero-order valence-corrected chi connectivity index (χ0v) is 12.9. The van der Waals surface area contributed by atoms with Crippen LogP contribution in [0.3, 0.4) is 0 Å². The second-order valence-corrected chi connectivity index (χ2v) is 7.32. The molecular weight excluding hydrogens is 232 g/mol. The molecule has 0 unspecified atom stereocenters. The van der Waals surface area contributed by atoms with Crippen molar-refractivity contribution in [1.82, 2.24) is 0 Å². The molecule has 0 aliphatic heterocycles. The van der Waals surface area contributed by atoms with Gasteiger partial charge in [-0.15, -0.1) is 0 Å². The molecule has 0 aromatic carbocycles. The molecule has 0 amide bonds. The van der Waals surface area contributed by atoms with Crippen LogP contribution in [0.1, 0.15) is 84.0 Å². The van der Waals surface area contributed by atoms with Crippen molar-refractivity contribution in [2.45, 2.75) is 84.0 Å². The Hall–Kier alpha value is -0.0400. The lowest BCUT2D eigenvalue weighted by molar-refractivity contribution is 0.157. The first-order valence-electron chi connectivity index (χ1n) is 8.92. The van der Waals surface area contributed by atoms with Crippen molar-refractivity contribution in [3.8, 4) is 0 Å². The van der Waals surface area contributed by atoms with Crippen LogP contribution in [0, 0.1) is 23.7 Å². The van der Waals surface area contributed by atoms with Crippen LogP contribution < -0.4 is 0 Å². The summed E-state index contributed by atoms with van der Waals surface area (Å²) < 4.78 is 0. The van der Waals surface area contributed by atoms with Crippen LogP contribution in [-0.2, 0) is 0 Å². The molecule has 0 heterocycles. The van der Waals surface area contributed by atoms with Crippen molar-refractivity contribution in [3.05, 3.63) is 0 Å². The van der Waals surface area contributed by atoms with Crippen molar-refractivity contribution in [1.29, 1.82) is 0 Å². The van der Waals surface area contributed by atoms with E-state index < -0.39 is 0 Å². The maximum atomic E-state index is 9.18. The first kappa shape index (κ1) is 15.4. The lowest BCUT2D eigenvalue weighted by Crippen LogP contribution is -2.19. The molecular formula is C18H34O. The molecule has 19 heavy (non-hydrogen) atoms. The molecule has 0 aromatic rings. The van der Waals surface area contributed by atoms with E-state index in [4.69, 9.17) is 0 Å². The quantitative estimate of drug-likeness (QED) is 0.703. The predicted molar refractivity (Wildman–Crippen MR) is 82.1 cm³/mol. The first-order chi connectivity index (χ1) is 9.31. The van der Waals surface area contributed by atoms with Crippen molar-refractivity contribution in [2.75, 3.05) is 6.61 Å². The van der Waals surface area contributed by atoms with Gasteiger partial charge in [0.2, 0.25) is 0 Å². The first-order valence-corrected chi connectivity index (χ1v) is 8.92. The zero-order chi connectivity index (χ0) is 13.5. The van der Waals surface area contributed by atoms with Crippen LogP contribution in [0.2, 0.25) is 0 Å². The standard InChI is InChI=1S/C18H34O/c1-2-3-15-4-6-16(7-5-15)8-9-17-10-12-18(14-19)13-11-17/h15-19H,2-14H2,1H3/t15-,16-,17?,18?. The summed E-state index contributed by atoms with van der Waals surface area (Å²) in [5.74, 6) is 3.71. The van der Waals surface area contributed by atoms with Gasteiger partial charge in [0, 0.05) is 6.61 Å². The molecule has 2 saturated carbocycles. The highest BCUT2D eigenvalue weighted by molar-refractivity contribution is 4.76. The maximum Gasteiger partial charge on any atom is 0.0459 e. The highest BCUT2D eigenvalue weighted by atomic mass is 16.3. The summed E-state index contributed by atoms with van der Waals surface area (Å²) in [6, 6.07) is 0. The van der Waals surface area contributed by atoms with Crippen LogP contribution in [0.15, 0.2) is 0 Å². The van der Waals surface area contributed by atoms with E-state index in [0.717, 1.165) is 17.8 Å². The number of hydrogen-bond acceptors (Lipinski definition) is 1. The average molecular weight is 266 g/mol. The van der Waals surface area contributed by atoms with Crippen LogP contribution in [0.4, 0.5) is 0 Å². The number of hydrogen-bond donors (Lipinski definition) is 1. The topological polar surface area (TPSA) is 20.2 Å². The third kappa shape index (κ3) is 5.10. The van der Waals surface area contributed by atoms with Gasteiger partial charge in [0.05, 0.1) is 0 Å². The smallest absolute Gasteiger partial charge is 0.0459 e. The van der Waals surface area contributed by atoms with Gasteiger partial charge < -0.3 is 5.11 Å². The normalized spacial score (nSPS) is 36.3. The monoisotopic (exact) mass is 266 g/mol. The molecule has 0 bridgehead atoms. The second-order valence-electron chi connectivity index (χ2n) is 7.32. The molecule has 2 aliphatic rings. The minimum absolute atomic E-state index is 0.425. The number of aliphatic hydroxyl groups excluding tert-OH is 1. The van der Waals surface area contributed by atoms with Crippen LogP contribution in [-0.4, -0.2) is 11.7 Å². The SMILES string of the molecule is CCC[C@H]1CC[C@H](CCC2CCC(CO)CC2)CC1. The van der Waals surface area contributed by atoms with Gasteiger partial charge in [0.15, 0.2) is 0 Å². The molecule has 0 saturated heterocycles. The Morgan fingerprint density at radius 1 is 0.632 bits per heavy atom. The van der Waals surface area contributed by atoms with Crippen LogP contribution in [0.5, 0.6) is 0 Å². The lowest BCUT2D eigenvalue weighted by atomic mass is 9.75. The average Bonchev–Trinajstić information content (AvgIpc) is 2.47.